The summed E-state index contributed by atoms with van der Waals surface area (Å²) in [5.74, 6) is -0.162. The highest BCUT2D eigenvalue weighted by Gasteiger charge is 2.15. The zero-order valence-corrected chi connectivity index (χ0v) is 14.2. The number of benzene rings is 2. The fourth-order valence-corrected chi connectivity index (χ4v) is 2.48. The third-order valence-corrected chi connectivity index (χ3v) is 3.90. The Morgan fingerprint density at radius 3 is 2.45 bits per heavy atom. The van der Waals surface area contributed by atoms with Crippen LogP contribution in [0.15, 0.2) is 36.4 Å². The smallest absolute Gasteiger partial charge is 0.246 e. The lowest BCUT2D eigenvalue weighted by Gasteiger charge is -2.18. The second-order valence-corrected chi connectivity index (χ2v) is 6.14. The molecule has 0 heterocycles. The lowest BCUT2D eigenvalue weighted by Crippen LogP contribution is -2.32. The van der Waals surface area contributed by atoms with E-state index in [-0.39, 0.29) is 5.91 Å². The predicted molar refractivity (Wildman–Crippen MR) is 94.1 cm³/mol. The summed E-state index contributed by atoms with van der Waals surface area (Å²) in [4.78, 5) is 12.3. The van der Waals surface area contributed by atoms with Gasteiger partial charge in [0.15, 0.2) is 0 Å². The minimum absolute atomic E-state index is 0.162. The van der Waals surface area contributed by atoms with E-state index >= 15 is 0 Å². The first-order valence-electron chi connectivity index (χ1n) is 6.96. The number of hydrogen-bond acceptors (Lipinski definition) is 2. The maximum Gasteiger partial charge on any atom is 0.246 e. The molecular weight excluding hydrogens is 319 g/mol. The lowest BCUT2D eigenvalue weighted by atomic mass is 10.1. The van der Waals surface area contributed by atoms with Gasteiger partial charge in [-0.3, -0.25) is 4.79 Å². The van der Waals surface area contributed by atoms with Crippen molar-refractivity contribution in [3.63, 3.8) is 0 Å². The Morgan fingerprint density at radius 2 is 1.77 bits per heavy atom. The molecule has 5 heteroatoms. The first-order chi connectivity index (χ1) is 10.4. The van der Waals surface area contributed by atoms with Crippen molar-refractivity contribution in [2.24, 2.45) is 0 Å². The van der Waals surface area contributed by atoms with Gasteiger partial charge in [0.2, 0.25) is 5.91 Å². The number of carbonyl (C=O) groups excluding carboxylic acids is 1. The van der Waals surface area contributed by atoms with Gasteiger partial charge in [-0.15, -0.1) is 0 Å². The number of nitrogens with one attached hydrogen (secondary N) is 2. The lowest BCUT2D eigenvalue weighted by molar-refractivity contribution is -0.116. The van der Waals surface area contributed by atoms with E-state index in [0.29, 0.717) is 15.7 Å². The van der Waals surface area contributed by atoms with Gasteiger partial charge in [-0.2, -0.15) is 0 Å². The Bertz CT molecular complexity index is 701. The highest BCUT2D eigenvalue weighted by atomic mass is 35.5. The number of halogens is 2. The van der Waals surface area contributed by atoms with Crippen LogP contribution < -0.4 is 10.6 Å². The summed E-state index contributed by atoms with van der Waals surface area (Å²) in [5.41, 5.74) is 3.73. The molecule has 2 N–H and O–H groups in total. The predicted octanol–water partition coefficient (Wildman–Crippen LogP) is 5.05. The van der Waals surface area contributed by atoms with E-state index < -0.39 is 6.04 Å². The molecule has 0 radical (unpaired) electrons. The van der Waals surface area contributed by atoms with Gasteiger partial charge < -0.3 is 10.6 Å². The third kappa shape index (κ3) is 4.15. The SMILES string of the molecule is Cc1ccc(C)c(N[C@H](C)C(=O)Nc2ccc(Cl)cc2Cl)c1. The van der Waals surface area contributed by atoms with E-state index in [1.54, 1.807) is 25.1 Å². The van der Waals surface area contributed by atoms with Crippen molar-refractivity contribution in [3.05, 3.63) is 57.6 Å². The van der Waals surface area contributed by atoms with Crippen molar-refractivity contribution < 1.29 is 4.79 Å². The van der Waals surface area contributed by atoms with Crippen molar-refractivity contribution in [2.45, 2.75) is 26.8 Å². The van der Waals surface area contributed by atoms with Crippen molar-refractivity contribution in [2.75, 3.05) is 10.6 Å². The minimum atomic E-state index is -0.396. The molecular formula is C17H18Cl2N2O. The second-order valence-electron chi connectivity index (χ2n) is 5.30. The normalized spacial score (nSPS) is 11.9. The molecule has 0 unspecified atom stereocenters. The Morgan fingerprint density at radius 1 is 1.05 bits per heavy atom. The zero-order chi connectivity index (χ0) is 16.3. The van der Waals surface area contributed by atoms with Gasteiger partial charge in [-0.05, 0) is 56.2 Å². The van der Waals surface area contributed by atoms with Gasteiger partial charge in [0.05, 0.1) is 10.7 Å². The number of aryl methyl sites for hydroxylation is 2. The first-order valence-corrected chi connectivity index (χ1v) is 7.72. The number of anilines is 2. The van der Waals surface area contributed by atoms with Crippen LogP contribution in [-0.4, -0.2) is 11.9 Å². The molecule has 0 aliphatic rings. The molecule has 0 bridgehead atoms. The third-order valence-electron chi connectivity index (χ3n) is 3.35. The van der Waals surface area contributed by atoms with Gasteiger partial charge in [0, 0.05) is 10.7 Å². The number of amides is 1. The molecule has 2 aromatic carbocycles. The van der Waals surface area contributed by atoms with Gasteiger partial charge in [0.1, 0.15) is 6.04 Å². The highest BCUT2D eigenvalue weighted by molar-refractivity contribution is 6.36. The zero-order valence-electron chi connectivity index (χ0n) is 12.7. The summed E-state index contributed by atoms with van der Waals surface area (Å²) in [6, 6.07) is 10.7. The van der Waals surface area contributed by atoms with Crippen LogP contribution >= 0.6 is 23.2 Å². The molecule has 0 aliphatic heterocycles. The summed E-state index contributed by atoms with van der Waals surface area (Å²) in [6.45, 7) is 5.83. The largest absolute Gasteiger partial charge is 0.374 e. The Kier molecular flexibility index (Phi) is 5.33. The molecule has 0 aromatic heterocycles. The molecule has 22 heavy (non-hydrogen) atoms. The Balaban J connectivity index is 2.07. The van der Waals surface area contributed by atoms with Crippen LogP contribution in [0.3, 0.4) is 0 Å². The van der Waals surface area contributed by atoms with E-state index in [1.165, 1.54) is 0 Å². The van der Waals surface area contributed by atoms with Crippen molar-refractivity contribution >= 4 is 40.5 Å². The van der Waals surface area contributed by atoms with E-state index in [2.05, 4.69) is 10.6 Å². The van der Waals surface area contributed by atoms with Gasteiger partial charge in [-0.25, -0.2) is 0 Å². The molecule has 0 saturated carbocycles. The maximum atomic E-state index is 12.3. The fraction of sp³-hybridized carbons (Fsp3) is 0.235. The monoisotopic (exact) mass is 336 g/mol. The number of carbonyl (C=O) groups is 1. The number of hydrogen-bond donors (Lipinski definition) is 2. The molecule has 1 atom stereocenters. The fourth-order valence-electron chi connectivity index (χ4n) is 2.02. The number of rotatable bonds is 4. The summed E-state index contributed by atoms with van der Waals surface area (Å²) in [7, 11) is 0. The molecule has 1 amide bonds. The van der Waals surface area contributed by atoms with Crippen LogP contribution in [0.4, 0.5) is 11.4 Å². The van der Waals surface area contributed by atoms with Crippen LogP contribution in [-0.2, 0) is 4.79 Å². The van der Waals surface area contributed by atoms with Crippen molar-refractivity contribution in [1.29, 1.82) is 0 Å². The average molecular weight is 337 g/mol. The van der Waals surface area contributed by atoms with E-state index in [9.17, 15) is 4.79 Å². The maximum absolute atomic E-state index is 12.3. The Hall–Kier alpha value is -1.71. The molecule has 0 aliphatic carbocycles. The molecule has 2 rings (SSSR count). The molecule has 0 saturated heterocycles. The van der Waals surface area contributed by atoms with E-state index in [4.69, 9.17) is 23.2 Å². The summed E-state index contributed by atoms with van der Waals surface area (Å²) < 4.78 is 0. The van der Waals surface area contributed by atoms with Crippen LogP contribution in [0.5, 0.6) is 0 Å². The topological polar surface area (TPSA) is 41.1 Å². The van der Waals surface area contributed by atoms with Crippen molar-refractivity contribution in [1.82, 2.24) is 0 Å². The molecule has 116 valence electrons. The molecule has 0 spiro atoms. The Labute approximate surface area is 140 Å². The quantitative estimate of drug-likeness (QED) is 0.820. The van der Waals surface area contributed by atoms with Crippen LogP contribution in [0.2, 0.25) is 10.0 Å². The van der Waals surface area contributed by atoms with E-state index in [0.717, 1.165) is 16.8 Å². The van der Waals surface area contributed by atoms with Gasteiger partial charge in [-0.1, -0.05) is 35.3 Å². The van der Waals surface area contributed by atoms with Crippen LogP contribution in [0.25, 0.3) is 0 Å². The molecule has 3 nitrogen and oxygen atoms in total. The van der Waals surface area contributed by atoms with Gasteiger partial charge >= 0.3 is 0 Å². The summed E-state index contributed by atoms with van der Waals surface area (Å²) >= 11 is 11.9. The van der Waals surface area contributed by atoms with Gasteiger partial charge in [0.25, 0.3) is 0 Å². The van der Waals surface area contributed by atoms with Crippen LogP contribution in [0, 0.1) is 13.8 Å². The summed E-state index contributed by atoms with van der Waals surface area (Å²) in [6.07, 6.45) is 0. The second kappa shape index (κ2) is 7.03. The standard InChI is InChI=1S/C17H18Cl2N2O/c1-10-4-5-11(2)16(8-10)20-12(3)17(22)21-15-7-6-13(18)9-14(15)19/h4-9,12,20H,1-3H3,(H,21,22)/t12-/m1/s1. The first kappa shape index (κ1) is 16.7. The van der Waals surface area contributed by atoms with Crippen molar-refractivity contribution in [3.8, 4) is 0 Å². The van der Waals surface area contributed by atoms with Crippen LogP contribution in [0.1, 0.15) is 18.1 Å². The molecule has 0 fully saturated rings. The summed E-state index contributed by atoms with van der Waals surface area (Å²) in [5, 5.41) is 6.97. The average Bonchev–Trinajstić information content (AvgIpc) is 2.45. The van der Waals surface area contributed by atoms with E-state index in [1.807, 2.05) is 32.0 Å². The molecule has 2 aromatic rings. The highest BCUT2D eigenvalue weighted by Crippen LogP contribution is 2.25. The minimum Gasteiger partial charge on any atom is -0.374 e.